The Labute approximate surface area is 94.0 Å². The average Bonchev–Trinajstić information content (AvgIpc) is 2.28. The zero-order chi connectivity index (χ0) is 11.1. The lowest BCUT2D eigenvalue weighted by Crippen LogP contribution is -2.25. The van der Waals surface area contributed by atoms with E-state index in [1.807, 2.05) is 38.1 Å². The molecule has 2 aromatic rings. The Hall–Kier alpha value is -1.77. The van der Waals surface area contributed by atoms with E-state index in [1.165, 1.54) is 0 Å². The van der Waals surface area contributed by atoms with Crippen LogP contribution in [-0.4, -0.2) is 17.7 Å². The summed E-state index contributed by atoms with van der Waals surface area (Å²) in [6.07, 6.45) is 0.0967. The number of benzene rings is 1. The standard InChI is InChI=1S/C13H13NO2/c1-8-3-4-10-11(14-8)5-6-12-13(10)16-9(2)7-15-12/h3-6,9H,7H2,1-2H3. The first-order chi connectivity index (χ1) is 7.74. The first kappa shape index (κ1) is 9.46. The third-order valence-corrected chi connectivity index (χ3v) is 2.72. The van der Waals surface area contributed by atoms with Gasteiger partial charge < -0.3 is 9.47 Å². The van der Waals surface area contributed by atoms with Crippen LogP contribution in [-0.2, 0) is 0 Å². The first-order valence-electron chi connectivity index (χ1n) is 5.44. The Morgan fingerprint density at radius 1 is 1.25 bits per heavy atom. The van der Waals surface area contributed by atoms with Crippen molar-refractivity contribution in [3.05, 3.63) is 30.0 Å². The molecule has 2 heterocycles. The van der Waals surface area contributed by atoms with Crippen molar-refractivity contribution in [2.45, 2.75) is 20.0 Å². The highest BCUT2D eigenvalue weighted by Crippen LogP contribution is 2.38. The molecule has 0 amide bonds. The number of hydrogen-bond donors (Lipinski definition) is 0. The molecule has 1 aliphatic rings. The van der Waals surface area contributed by atoms with Gasteiger partial charge >= 0.3 is 0 Å². The molecule has 1 atom stereocenters. The molecule has 1 aromatic heterocycles. The van der Waals surface area contributed by atoms with Crippen molar-refractivity contribution in [3.8, 4) is 11.5 Å². The zero-order valence-electron chi connectivity index (χ0n) is 9.36. The second-order valence-electron chi connectivity index (χ2n) is 4.15. The molecule has 3 nitrogen and oxygen atoms in total. The van der Waals surface area contributed by atoms with Crippen LogP contribution in [0.1, 0.15) is 12.6 Å². The zero-order valence-corrected chi connectivity index (χ0v) is 9.36. The van der Waals surface area contributed by atoms with Gasteiger partial charge in [-0.15, -0.1) is 0 Å². The lowest BCUT2D eigenvalue weighted by Gasteiger charge is -2.24. The predicted octanol–water partition coefficient (Wildman–Crippen LogP) is 2.70. The molecule has 0 saturated heterocycles. The van der Waals surface area contributed by atoms with Gasteiger partial charge in [-0.3, -0.25) is 4.98 Å². The number of pyridine rings is 1. The van der Waals surface area contributed by atoms with Gasteiger partial charge in [0.2, 0.25) is 0 Å². The van der Waals surface area contributed by atoms with Crippen molar-refractivity contribution in [2.24, 2.45) is 0 Å². The number of aryl methyl sites for hydroxylation is 1. The third kappa shape index (κ3) is 1.40. The van der Waals surface area contributed by atoms with E-state index in [0.717, 1.165) is 28.1 Å². The SMILES string of the molecule is Cc1ccc2c3c(ccc2n1)OCC(C)O3. The smallest absolute Gasteiger partial charge is 0.171 e. The van der Waals surface area contributed by atoms with Crippen LogP contribution in [0.3, 0.4) is 0 Å². The largest absolute Gasteiger partial charge is 0.486 e. The predicted molar refractivity (Wildman–Crippen MR) is 62.1 cm³/mol. The number of hydrogen-bond acceptors (Lipinski definition) is 3. The molecule has 0 radical (unpaired) electrons. The molecule has 0 fully saturated rings. The topological polar surface area (TPSA) is 31.4 Å². The summed E-state index contributed by atoms with van der Waals surface area (Å²) in [4.78, 5) is 4.47. The van der Waals surface area contributed by atoms with E-state index in [9.17, 15) is 0 Å². The Bertz CT molecular complexity index is 551. The fourth-order valence-electron chi connectivity index (χ4n) is 1.94. The Balaban J connectivity index is 2.26. The van der Waals surface area contributed by atoms with Crippen molar-refractivity contribution in [3.63, 3.8) is 0 Å². The molecule has 3 heteroatoms. The van der Waals surface area contributed by atoms with Crippen LogP contribution in [0.2, 0.25) is 0 Å². The Morgan fingerprint density at radius 2 is 2.12 bits per heavy atom. The number of aromatic nitrogens is 1. The van der Waals surface area contributed by atoms with E-state index in [1.54, 1.807) is 0 Å². The minimum Gasteiger partial charge on any atom is -0.486 e. The van der Waals surface area contributed by atoms with Gasteiger partial charge in [0.15, 0.2) is 11.5 Å². The van der Waals surface area contributed by atoms with E-state index >= 15 is 0 Å². The number of fused-ring (bicyclic) bond motifs is 3. The number of nitrogens with zero attached hydrogens (tertiary/aromatic N) is 1. The maximum absolute atomic E-state index is 5.82. The molecular formula is C13H13NO2. The maximum Gasteiger partial charge on any atom is 0.171 e. The lowest BCUT2D eigenvalue weighted by atomic mass is 10.1. The van der Waals surface area contributed by atoms with Crippen molar-refractivity contribution in [1.82, 2.24) is 4.98 Å². The first-order valence-corrected chi connectivity index (χ1v) is 5.44. The van der Waals surface area contributed by atoms with Crippen LogP contribution < -0.4 is 9.47 Å². The normalized spacial score (nSPS) is 18.8. The average molecular weight is 215 g/mol. The highest BCUT2D eigenvalue weighted by Gasteiger charge is 2.19. The van der Waals surface area contributed by atoms with Gasteiger partial charge in [0.1, 0.15) is 12.7 Å². The molecular weight excluding hydrogens is 202 g/mol. The van der Waals surface area contributed by atoms with Crippen LogP contribution in [0.15, 0.2) is 24.3 Å². The number of rotatable bonds is 0. The second kappa shape index (κ2) is 3.37. The summed E-state index contributed by atoms with van der Waals surface area (Å²) in [5.74, 6) is 1.64. The van der Waals surface area contributed by atoms with E-state index in [4.69, 9.17) is 9.47 Å². The fourth-order valence-corrected chi connectivity index (χ4v) is 1.94. The molecule has 16 heavy (non-hydrogen) atoms. The lowest BCUT2D eigenvalue weighted by molar-refractivity contribution is 0.106. The molecule has 1 unspecified atom stereocenters. The van der Waals surface area contributed by atoms with Gasteiger partial charge in [-0.05, 0) is 38.1 Å². The summed E-state index contributed by atoms with van der Waals surface area (Å²) in [7, 11) is 0. The van der Waals surface area contributed by atoms with Crippen LogP contribution >= 0.6 is 0 Å². The van der Waals surface area contributed by atoms with Crippen LogP contribution in [0.5, 0.6) is 11.5 Å². The molecule has 82 valence electrons. The Kier molecular flexibility index (Phi) is 1.99. The second-order valence-corrected chi connectivity index (χ2v) is 4.15. The van der Waals surface area contributed by atoms with E-state index in [-0.39, 0.29) is 6.10 Å². The van der Waals surface area contributed by atoms with Crippen molar-refractivity contribution < 1.29 is 9.47 Å². The van der Waals surface area contributed by atoms with E-state index in [0.29, 0.717) is 6.61 Å². The van der Waals surface area contributed by atoms with Crippen LogP contribution in [0.4, 0.5) is 0 Å². The minimum absolute atomic E-state index is 0.0967. The van der Waals surface area contributed by atoms with Crippen molar-refractivity contribution in [2.75, 3.05) is 6.61 Å². The summed E-state index contributed by atoms with van der Waals surface area (Å²) in [6.45, 7) is 4.60. The minimum atomic E-state index is 0.0967. The van der Waals surface area contributed by atoms with Crippen molar-refractivity contribution >= 4 is 10.9 Å². The molecule has 0 bridgehead atoms. The quantitative estimate of drug-likeness (QED) is 0.677. The molecule has 1 aromatic carbocycles. The van der Waals surface area contributed by atoms with Crippen LogP contribution in [0.25, 0.3) is 10.9 Å². The molecule has 1 aliphatic heterocycles. The summed E-state index contributed by atoms with van der Waals surface area (Å²) in [5.41, 5.74) is 1.97. The highest BCUT2D eigenvalue weighted by molar-refractivity contribution is 5.88. The summed E-state index contributed by atoms with van der Waals surface area (Å²) < 4.78 is 11.4. The fraction of sp³-hybridized carbons (Fsp3) is 0.308. The van der Waals surface area contributed by atoms with Gasteiger partial charge in [-0.2, -0.15) is 0 Å². The van der Waals surface area contributed by atoms with Gasteiger partial charge in [0, 0.05) is 11.1 Å². The number of ether oxygens (including phenoxy) is 2. The molecule has 3 rings (SSSR count). The molecule has 0 aliphatic carbocycles. The van der Waals surface area contributed by atoms with Gasteiger partial charge in [-0.25, -0.2) is 0 Å². The summed E-state index contributed by atoms with van der Waals surface area (Å²) >= 11 is 0. The molecule has 0 N–H and O–H groups in total. The highest BCUT2D eigenvalue weighted by atomic mass is 16.6. The molecule has 0 saturated carbocycles. The van der Waals surface area contributed by atoms with Gasteiger partial charge in [0.25, 0.3) is 0 Å². The monoisotopic (exact) mass is 215 g/mol. The van der Waals surface area contributed by atoms with Gasteiger partial charge in [-0.1, -0.05) is 0 Å². The summed E-state index contributed by atoms with van der Waals surface area (Å²) in [5, 5.41) is 1.02. The van der Waals surface area contributed by atoms with Crippen LogP contribution in [0, 0.1) is 6.92 Å². The molecule has 0 spiro atoms. The van der Waals surface area contributed by atoms with E-state index in [2.05, 4.69) is 4.98 Å². The Morgan fingerprint density at radius 3 is 3.00 bits per heavy atom. The van der Waals surface area contributed by atoms with Gasteiger partial charge in [0.05, 0.1) is 5.52 Å². The van der Waals surface area contributed by atoms with Crippen molar-refractivity contribution in [1.29, 1.82) is 0 Å². The van der Waals surface area contributed by atoms with E-state index < -0.39 is 0 Å². The third-order valence-electron chi connectivity index (χ3n) is 2.72. The summed E-state index contributed by atoms with van der Waals surface area (Å²) in [6, 6.07) is 7.93. The maximum atomic E-state index is 5.82.